The first-order valence-corrected chi connectivity index (χ1v) is 7.19. The molecule has 0 spiro atoms. The summed E-state index contributed by atoms with van der Waals surface area (Å²) in [7, 11) is 0. The molecule has 0 radical (unpaired) electrons. The van der Waals surface area contributed by atoms with E-state index in [4.69, 9.17) is 0 Å². The van der Waals surface area contributed by atoms with Crippen molar-refractivity contribution in [1.82, 2.24) is 4.90 Å². The molecule has 2 rings (SSSR count). The van der Waals surface area contributed by atoms with Crippen LogP contribution in [-0.2, 0) is 0 Å². The Hall–Kier alpha value is -0.860. The van der Waals surface area contributed by atoms with Gasteiger partial charge in [-0.3, -0.25) is 4.90 Å². The SMILES string of the molecule is CCCN(CC1CC1)C(C)C(O)c1ccccc1. The van der Waals surface area contributed by atoms with Gasteiger partial charge in [0.1, 0.15) is 0 Å². The third-order valence-electron chi connectivity index (χ3n) is 3.87. The largest absolute Gasteiger partial charge is 0.387 e. The molecular weight excluding hydrogens is 222 g/mol. The zero-order valence-corrected chi connectivity index (χ0v) is 11.5. The Balaban J connectivity index is 1.99. The second-order valence-electron chi connectivity index (χ2n) is 5.53. The van der Waals surface area contributed by atoms with Crippen LogP contribution in [0, 0.1) is 5.92 Å². The van der Waals surface area contributed by atoms with Gasteiger partial charge in [-0.05, 0) is 44.2 Å². The first-order chi connectivity index (χ1) is 8.72. The van der Waals surface area contributed by atoms with Gasteiger partial charge in [-0.25, -0.2) is 0 Å². The predicted molar refractivity (Wildman–Crippen MR) is 75.5 cm³/mol. The van der Waals surface area contributed by atoms with E-state index in [0.717, 1.165) is 31.0 Å². The summed E-state index contributed by atoms with van der Waals surface area (Å²) >= 11 is 0. The Kier molecular flexibility index (Phi) is 4.79. The number of aliphatic hydroxyl groups excluding tert-OH is 1. The molecule has 1 aliphatic carbocycles. The fourth-order valence-electron chi connectivity index (χ4n) is 2.51. The Morgan fingerprint density at radius 2 is 1.94 bits per heavy atom. The van der Waals surface area contributed by atoms with E-state index < -0.39 is 0 Å². The monoisotopic (exact) mass is 247 g/mol. The number of aliphatic hydroxyl groups is 1. The molecule has 1 N–H and O–H groups in total. The van der Waals surface area contributed by atoms with Gasteiger partial charge < -0.3 is 5.11 Å². The summed E-state index contributed by atoms with van der Waals surface area (Å²) < 4.78 is 0. The molecule has 2 atom stereocenters. The predicted octanol–water partition coefficient (Wildman–Crippen LogP) is 3.23. The van der Waals surface area contributed by atoms with E-state index in [-0.39, 0.29) is 12.1 Å². The van der Waals surface area contributed by atoms with Crippen LogP contribution in [0.2, 0.25) is 0 Å². The smallest absolute Gasteiger partial charge is 0.0942 e. The molecule has 0 aliphatic heterocycles. The summed E-state index contributed by atoms with van der Waals surface area (Å²) in [6.07, 6.45) is 3.51. The van der Waals surface area contributed by atoms with Crippen molar-refractivity contribution < 1.29 is 5.11 Å². The highest BCUT2D eigenvalue weighted by Crippen LogP contribution is 2.32. The van der Waals surface area contributed by atoms with Crippen LogP contribution in [0.15, 0.2) is 30.3 Å². The molecule has 0 amide bonds. The second-order valence-corrected chi connectivity index (χ2v) is 5.53. The highest BCUT2D eigenvalue weighted by atomic mass is 16.3. The standard InChI is InChI=1S/C16H25NO/c1-3-11-17(12-14-9-10-14)13(2)16(18)15-7-5-4-6-8-15/h4-8,13-14,16,18H,3,9-12H2,1-2H3. The minimum atomic E-state index is -0.378. The molecule has 2 heteroatoms. The summed E-state index contributed by atoms with van der Waals surface area (Å²) in [5.41, 5.74) is 1.03. The van der Waals surface area contributed by atoms with Crippen molar-refractivity contribution in [3.05, 3.63) is 35.9 Å². The Morgan fingerprint density at radius 1 is 1.28 bits per heavy atom. The number of nitrogens with zero attached hydrogens (tertiary/aromatic N) is 1. The molecule has 1 fully saturated rings. The quantitative estimate of drug-likeness (QED) is 0.799. The average Bonchev–Trinajstić information content (AvgIpc) is 3.21. The summed E-state index contributed by atoms with van der Waals surface area (Å²) in [4.78, 5) is 2.45. The van der Waals surface area contributed by atoms with Gasteiger partial charge in [0.15, 0.2) is 0 Å². The number of hydrogen-bond donors (Lipinski definition) is 1. The molecule has 1 aliphatic rings. The molecule has 0 aromatic heterocycles. The highest BCUT2D eigenvalue weighted by Gasteiger charge is 2.29. The van der Waals surface area contributed by atoms with Crippen LogP contribution in [-0.4, -0.2) is 29.1 Å². The second kappa shape index (κ2) is 6.35. The maximum Gasteiger partial charge on any atom is 0.0942 e. The molecule has 0 bridgehead atoms. The van der Waals surface area contributed by atoms with E-state index in [1.807, 2.05) is 30.3 Å². The maximum absolute atomic E-state index is 10.5. The van der Waals surface area contributed by atoms with Gasteiger partial charge in [0.05, 0.1) is 6.10 Å². The summed E-state index contributed by atoms with van der Waals surface area (Å²) in [6, 6.07) is 10.2. The van der Waals surface area contributed by atoms with Crippen LogP contribution in [0.1, 0.15) is 44.8 Å². The van der Waals surface area contributed by atoms with Gasteiger partial charge in [0, 0.05) is 12.6 Å². The summed E-state index contributed by atoms with van der Waals surface area (Å²) in [6.45, 7) is 6.59. The fourth-order valence-corrected chi connectivity index (χ4v) is 2.51. The van der Waals surface area contributed by atoms with E-state index in [1.54, 1.807) is 0 Å². The third kappa shape index (κ3) is 3.56. The van der Waals surface area contributed by atoms with Crippen molar-refractivity contribution in [3.63, 3.8) is 0 Å². The number of rotatable bonds is 7. The van der Waals surface area contributed by atoms with Crippen molar-refractivity contribution in [2.24, 2.45) is 5.92 Å². The van der Waals surface area contributed by atoms with E-state index in [2.05, 4.69) is 18.7 Å². The molecule has 18 heavy (non-hydrogen) atoms. The minimum absolute atomic E-state index is 0.202. The van der Waals surface area contributed by atoms with Crippen LogP contribution < -0.4 is 0 Å². The van der Waals surface area contributed by atoms with Gasteiger partial charge >= 0.3 is 0 Å². The molecular formula is C16H25NO. The molecule has 100 valence electrons. The lowest BCUT2D eigenvalue weighted by Crippen LogP contribution is -2.39. The maximum atomic E-state index is 10.5. The number of hydrogen-bond acceptors (Lipinski definition) is 2. The Morgan fingerprint density at radius 3 is 2.50 bits per heavy atom. The molecule has 1 aromatic carbocycles. The molecule has 0 heterocycles. The Labute approximate surface area is 111 Å². The van der Waals surface area contributed by atoms with E-state index in [9.17, 15) is 5.11 Å². The lowest BCUT2D eigenvalue weighted by atomic mass is 10.0. The van der Waals surface area contributed by atoms with E-state index in [0.29, 0.717) is 0 Å². The molecule has 1 aromatic rings. The van der Waals surface area contributed by atoms with Gasteiger partial charge in [0.2, 0.25) is 0 Å². The van der Waals surface area contributed by atoms with Gasteiger partial charge in [0.25, 0.3) is 0 Å². The van der Waals surface area contributed by atoms with Gasteiger partial charge in [-0.2, -0.15) is 0 Å². The molecule has 1 saturated carbocycles. The van der Waals surface area contributed by atoms with Crippen molar-refractivity contribution in [2.75, 3.05) is 13.1 Å². The van der Waals surface area contributed by atoms with Crippen LogP contribution in [0.3, 0.4) is 0 Å². The summed E-state index contributed by atoms with van der Waals surface area (Å²) in [5.74, 6) is 0.877. The van der Waals surface area contributed by atoms with Gasteiger partial charge in [-0.1, -0.05) is 37.3 Å². The van der Waals surface area contributed by atoms with E-state index >= 15 is 0 Å². The molecule has 2 nitrogen and oxygen atoms in total. The lowest BCUT2D eigenvalue weighted by molar-refractivity contribution is 0.0549. The van der Waals surface area contributed by atoms with Crippen molar-refractivity contribution >= 4 is 0 Å². The van der Waals surface area contributed by atoms with Crippen molar-refractivity contribution in [3.8, 4) is 0 Å². The van der Waals surface area contributed by atoms with Crippen LogP contribution >= 0.6 is 0 Å². The zero-order chi connectivity index (χ0) is 13.0. The number of benzene rings is 1. The third-order valence-corrected chi connectivity index (χ3v) is 3.87. The fraction of sp³-hybridized carbons (Fsp3) is 0.625. The van der Waals surface area contributed by atoms with Crippen LogP contribution in [0.25, 0.3) is 0 Å². The van der Waals surface area contributed by atoms with Crippen molar-refractivity contribution in [1.29, 1.82) is 0 Å². The van der Waals surface area contributed by atoms with Crippen molar-refractivity contribution in [2.45, 2.75) is 45.3 Å². The average molecular weight is 247 g/mol. The zero-order valence-electron chi connectivity index (χ0n) is 11.5. The first kappa shape index (κ1) is 13.6. The highest BCUT2D eigenvalue weighted by molar-refractivity contribution is 5.18. The van der Waals surface area contributed by atoms with Crippen LogP contribution in [0.4, 0.5) is 0 Å². The molecule has 2 unspecified atom stereocenters. The van der Waals surface area contributed by atoms with Gasteiger partial charge in [-0.15, -0.1) is 0 Å². The Bertz CT molecular complexity index is 347. The topological polar surface area (TPSA) is 23.5 Å². The summed E-state index contributed by atoms with van der Waals surface area (Å²) in [5, 5.41) is 10.5. The lowest BCUT2D eigenvalue weighted by Gasteiger charge is -2.32. The normalized spacial score (nSPS) is 18.9. The minimum Gasteiger partial charge on any atom is -0.387 e. The van der Waals surface area contributed by atoms with Crippen LogP contribution in [0.5, 0.6) is 0 Å². The first-order valence-electron chi connectivity index (χ1n) is 7.19. The molecule has 0 saturated heterocycles. The van der Waals surface area contributed by atoms with E-state index in [1.165, 1.54) is 12.8 Å².